The Balaban J connectivity index is 3.50. The fraction of sp³-hybridized carbons (Fsp3) is 0.764. The van der Waals surface area contributed by atoms with E-state index in [-0.39, 0.29) is 12.5 Å². The van der Waals surface area contributed by atoms with Crippen molar-refractivity contribution in [3.8, 4) is 0 Å². The molecular formula is C72H129NO3. The lowest BCUT2D eigenvalue weighted by atomic mass is 10.0. The van der Waals surface area contributed by atoms with Gasteiger partial charge in [-0.1, -0.05) is 349 Å². The second kappa shape index (κ2) is 66.6. The highest BCUT2D eigenvalue weighted by molar-refractivity contribution is 5.76. The fourth-order valence-electron chi connectivity index (χ4n) is 10.0. The molecule has 0 aliphatic carbocycles. The molecule has 0 aromatic heterocycles. The molecule has 0 aromatic rings. The number of allylic oxidation sites excluding steroid dienone is 15. The van der Waals surface area contributed by atoms with Crippen LogP contribution >= 0.6 is 0 Å². The summed E-state index contributed by atoms with van der Waals surface area (Å²) in [7, 11) is 0. The second-order valence-electron chi connectivity index (χ2n) is 22.5. The number of carbonyl (C=O) groups is 1. The minimum absolute atomic E-state index is 0.0627. The van der Waals surface area contributed by atoms with Gasteiger partial charge in [0.1, 0.15) is 0 Å². The van der Waals surface area contributed by atoms with Crippen LogP contribution in [-0.4, -0.2) is 34.9 Å². The SMILES string of the molecule is CC/C=C\C/C=C\C/C=C\C/C=C\C/C=C\C/C=C\C/C=C\CCCCCCCCCCCCCCCCCC(=O)NC(CO)C(O)/C=C/CCCCCCCCCCCCCCCCCCCCCCCCCCC. The molecule has 2 unspecified atom stereocenters. The molecule has 0 saturated carbocycles. The smallest absolute Gasteiger partial charge is 0.220 e. The summed E-state index contributed by atoms with van der Waals surface area (Å²) in [5, 5.41) is 23.3. The van der Waals surface area contributed by atoms with Crippen LogP contribution < -0.4 is 5.32 Å². The first-order valence-corrected chi connectivity index (χ1v) is 33.5. The molecule has 0 aliphatic rings. The van der Waals surface area contributed by atoms with Gasteiger partial charge in [0, 0.05) is 6.42 Å². The highest BCUT2D eigenvalue weighted by Crippen LogP contribution is 2.18. The predicted octanol–water partition coefficient (Wildman–Crippen LogP) is 22.8. The molecule has 4 heteroatoms. The predicted molar refractivity (Wildman–Crippen MR) is 340 cm³/mol. The van der Waals surface area contributed by atoms with Gasteiger partial charge >= 0.3 is 0 Å². The van der Waals surface area contributed by atoms with Crippen molar-refractivity contribution in [2.45, 2.75) is 347 Å². The quantitative estimate of drug-likeness (QED) is 0.0420. The number of nitrogens with one attached hydrogen (secondary N) is 1. The summed E-state index contributed by atoms with van der Waals surface area (Å²) in [5.74, 6) is -0.0627. The van der Waals surface area contributed by atoms with E-state index in [1.165, 1.54) is 244 Å². The second-order valence-corrected chi connectivity index (χ2v) is 22.5. The lowest BCUT2D eigenvalue weighted by Gasteiger charge is -2.20. The van der Waals surface area contributed by atoms with E-state index in [4.69, 9.17) is 0 Å². The number of carbonyl (C=O) groups excluding carboxylic acids is 1. The minimum atomic E-state index is -0.845. The fourth-order valence-corrected chi connectivity index (χ4v) is 10.0. The van der Waals surface area contributed by atoms with Gasteiger partial charge in [-0.05, 0) is 77.0 Å². The third-order valence-electron chi connectivity index (χ3n) is 15.1. The van der Waals surface area contributed by atoms with Crippen LogP contribution in [0.4, 0.5) is 0 Å². The number of rotatable bonds is 61. The zero-order valence-electron chi connectivity index (χ0n) is 50.8. The van der Waals surface area contributed by atoms with E-state index in [0.717, 1.165) is 70.6 Å². The van der Waals surface area contributed by atoms with Crippen molar-refractivity contribution in [2.75, 3.05) is 6.61 Å². The normalized spacial score (nSPS) is 13.4. The molecule has 2 atom stereocenters. The Bertz CT molecular complexity index is 1380. The molecule has 0 radical (unpaired) electrons. The maximum absolute atomic E-state index is 12.5. The largest absolute Gasteiger partial charge is 0.394 e. The van der Waals surface area contributed by atoms with Gasteiger partial charge in [-0.2, -0.15) is 0 Å². The minimum Gasteiger partial charge on any atom is -0.394 e. The average molecular weight is 1060 g/mol. The van der Waals surface area contributed by atoms with Gasteiger partial charge in [-0.15, -0.1) is 0 Å². The maximum Gasteiger partial charge on any atom is 0.220 e. The molecule has 1 amide bonds. The summed E-state index contributed by atoms with van der Waals surface area (Å²) in [4.78, 5) is 12.5. The summed E-state index contributed by atoms with van der Waals surface area (Å²) >= 11 is 0. The zero-order valence-corrected chi connectivity index (χ0v) is 50.8. The third kappa shape index (κ3) is 62.2. The lowest BCUT2D eigenvalue weighted by molar-refractivity contribution is -0.123. The summed E-state index contributed by atoms with van der Waals surface area (Å²) in [6.07, 6.45) is 99.0. The summed E-state index contributed by atoms with van der Waals surface area (Å²) in [6, 6.07) is -0.628. The zero-order chi connectivity index (χ0) is 54.8. The van der Waals surface area contributed by atoms with Crippen molar-refractivity contribution in [3.63, 3.8) is 0 Å². The molecule has 0 spiro atoms. The van der Waals surface area contributed by atoms with Gasteiger partial charge in [0.2, 0.25) is 5.91 Å². The molecule has 0 aliphatic heterocycles. The number of aliphatic hydroxyl groups excluding tert-OH is 2. The molecule has 0 aromatic carbocycles. The van der Waals surface area contributed by atoms with Crippen LogP contribution in [0.2, 0.25) is 0 Å². The van der Waals surface area contributed by atoms with Crippen molar-refractivity contribution in [2.24, 2.45) is 0 Å². The number of hydrogen-bond donors (Lipinski definition) is 3. The van der Waals surface area contributed by atoms with E-state index in [0.29, 0.717) is 6.42 Å². The van der Waals surface area contributed by atoms with Crippen molar-refractivity contribution < 1.29 is 15.0 Å². The van der Waals surface area contributed by atoms with Crippen LogP contribution in [0.1, 0.15) is 335 Å². The molecule has 0 heterocycles. The maximum atomic E-state index is 12.5. The van der Waals surface area contributed by atoms with Gasteiger partial charge in [-0.3, -0.25) is 4.79 Å². The monoisotopic (exact) mass is 1060 g/mol. The summed E-state index contributed by atoms with van der Waals surface area (Å²) in [5.41, 5.74) is 0. The van der Waals surface area contributed by atoms with Crippen LogP contribution in [0.15, 0.2) is 97.2 Å². The van der Waals surface area contributed by atoms with Crippen LogP contribution in [0.25, 0.3) is 0 Å². The molecule has 440 valence electrons. The molecule has 0 bridgehead atoms. The number of amides is 1. The Morgan fingerprint density at radius 2 is 0.579 bits per heavy atom. The Morgan fingerprint density at radius 3 is 0.868 bits per heavy atom. The van der Waals surface area contributed by atoms with Gasteiger partial charge in [-0.25, -0.2) is 0 Å². The highest BCUT2D eigenvalue weighted by atomic mass is 16.3. The Morgan fingerprint density at radius 1 is 0.329 bits per heavy atom. The van der Waals surface area contributed by atoms with E-state index < -0.39 is 12.1 Å². The number of hydrogen-bond acceptors (Lipinski definition) is 3. The molecule has 0 rings (SSSR count). The summed E-state index contributed by atoms with van der Waals surface area (Å²) < 4.78 is 0. The Kier molecular flexibility index (Phi) is 64.2. The van der Waals surface area contributed by atoms with Gasteiger partial charge in [0.15, 0.2) is 0 Å². The first-order chi connectivity index (χ1) is 37.7. The topological polar surface area (TPSA) is 69.6 Å². The number of aliphatic hydroxyl groups is 2. The standard InChI is InChI=1S/C72H129NO3/c1-3-5-7-9-11-13-15-17-19-21-23-25-27-29-31-32-33-34-35-36-37-38-39-40-42-44-46-48-50-52-54-56-58-60-62-64-66-68-72(76)73-70(69-74)71(75)67-65-63-61-59-57-55-53-51-49-47-45-43-41-30-28-26-24-22-20-18-16-14-12-10-8-6-4-2/h5,7,11,13,17,19,23,25,29,31,33-34,36-37,65,67,70-71,74-75H,3-4,6,8-10,12,14-16,18,20-22,24,26-28,30,32,35,38-64,66,68-69H2,1-2H3,(H,73,76)/b7-5-,13-11-,19-17-,25-23-,31-29-,34-33-,37-36-,67-65+. The highest BCUT2D eigenvalue weighted by Gasteiger charge is 2.18. The molecule has 4 nitrogen and oxygen atoms in total. The van der Waals surface area contributed by atoms with Crippen molar-refractivity contribution >= 4 is 5.91 Å². The van der Waals surface area contributed by atoms with Crippen molar-refractivity contribution in [1.29, 1.82) is 0 Å². The van der Waals surface area contributed by atoms with Gasteiger partial charge in [0.05, 0.1) is 18.8 Å². The Hall–Kier alpha value is -2.69. The number of unbranched alkanes of at least 4 members (excludes halogenated alkanes) is 40. The van der Waals surface area contributed by atoms with E-state index in [1.54, 1.807) is 6.08 Å². The summed E-state index contributed by atoms with van der Waals surface area (Å²) in [6.45, 7) is 4.22. The van der Waals surface area contributed by atoms with E-state index in [9.17, 15) is 15.0 Å². The van der Waals surface area contributed by atoms with Crippen molar-refractivity contribution in [1.82, 2.24) is 5.32 Å². The van der Waals surface area contributed by atoms with Gasteiger partial charge in [0.25, 0.3) is 0 Å². The van der Waals surface area contributed by atoms with Gasteiger partial charge < -0.3 is 15.5 Å². The van der Waals surface area contributed by atoms with E-state index >= 15 is 0 Å². The molecule has 0 saturated heterocycles. The molecule has 3 N–H and O–H groups in total. The average Bonchev–Trinajstić information content (AvgIpc) is 3.42. The first kappa shape index (κ1) is 73.3. The lowest BCUT2D eigenvalue weighted by Crippen LogP contribution is -2.45. The molecule has 0 fully saturated rings. The van der Waals surface area contributed by atoms with E-state index in [1.807, 2.05) is 6.08 Å². The van der Waals surface area contributed by atoms with Crippen LogP contribution in [0.3, 0.4) is 0 Å². The van der Waals surface area contributed by atoms with Crippen LogP contribution in [-0.2, 0) is 4.79 Å². The van der Waals surface area contributed by atoms with E-state index in [2.05, 4.69) is 104 Å². The Labute approximate surface area is 474 Å². The molecule has 76 heavy (non-hydrogen) atoms. The van der Waals surface area contributed by atoms with Crippen LogP contribution in [0.5, 0.6) is 0 Å². The van der Waals surface area contributed by atoms with Crippen molar-refractivity contribution in [3.05, 3.63) is 97.2 Å². The van der Waals surface area contributed by atoms with Crippen LogP contribution in [0, 0.1) is 0 Å². The first-order valence-electron chi connectivity index (χ1n) is 33.5. The third-order valence-corrected chi connectivity index (χ3v) is 15.1. The molecular weight excluding hydrogens is 927 g/mol.